The standard InChI is InChI=1S/C19H18FN5O3/c1-3-28-25-19(26)14-11-21-8-5-15(14)24-16-10-12(20)9-13(17(16)27-2)18-22-6-4-7-23-18/h4-11H,3H2,1-2H3,(H,21,24)(H,25,26). The molecule has 0 aliphatic carbocycles. The number of methoxy groups -OCH3 is 1. The molecule has 0 spiro atoms. The highest BCUT2D eigenvalue weighted by molar-refractivity contribution is 5.99. The molecule has 144 valence electrons. The Hall–Kier alpha value is -3.59. The number of hydroxylamine groups is 1. The number of nitrogens with one attached hydrogen (secondary N) is 2. The van der Waals surface area contributed by atoms with Gasteiger partial charge < -0.3 is 10.1 Å². The third-order valence-corrected chi connectivity index (χ3v) is 3.71. The third kappa shape index (κ3) is 4.21. The molecule has 0 radical (unpaired) electrons. The molecular weight excluding hydrogens is 365 g/mol. The summed E-state index contributed by atoms with van der Waals surface area (Å²) in [6.45, 7) is 2.06. The number of benzene rings is 1. The molecule has 2 aromatic heterocycles. The van der Waals surface area contributed by atoms with Crippen LogP contribution in [0.25, 0.3) is 11.4 Å². The van der Waals surface area contributed by atoms with Crippen LogP contribution in [0.1, 0.15) is 17.3 Å². The molecule has 1 aromatic carbocycles. The number of ether oxygens (including phenoxy) is 1. The molecule has 0 fully saturated rings. The van der Waals surface area contributed by atoms with Gasteiger partial charge in [0.2, 0.25) is 0 Å². The number of rotatable bonds is 7. The van der Waals surface area contributed by atoms with Gasteiger partial charge in [-0.15, -0.1) is 0 Å². The summed E-state index contributed by atoms with van der Waals surface area (Å²) in [4.78, 5) is 29.5. The van der Waals surface area contributed by atoms with Crippen molar-refractivity contribution < 1.29 is 18.8 Å². The molecular formula is C19H18FN5O3. The fraction of sp³-hybridized carbons (Fsp3) is 0.158. The fourth-order valence-corrected chi connectivity index (χ4v) is 2.53. The Bertz CT molecular complexity index is 969. The number of halogens is 1. The monoisotopic (exact) mass is 383 g/mol. The maximum absolute atomic E-state index is 14.3. The highest BCUT2D eigenvalue weighted by Gasteiger charge is 2.18. The number of hydrogen-bond acceptors (Lipinski definition) is 7. The van der Waals surface area contributed by atoms with Crippen LogP contribution in [0.15, 0.2) is 49.1 Å². The van der Waals surface area contributed by atoms with E-state index in [1.165, 1.54) is 31.6 Å². The van der Waals surface area contributed by atoms with E-state index in [0.717, 1.165) is 0 Å². The van der Waals surface area contributed by atoms with Gasteiger partial charge >= 0.3 is 0 Å². The summed E-state index contributed by atoms with van der Waals surface area (Å²) in [7, 11) is 1.46. The van der Waals surface area contributed by atoms with E-state index in [0.29, 0.717) is 35.1 Å². The molecule has 0 saturated heterocycles. The van der Waals surface area contributed by atoms with Gasteiger partial charge in [0.05, 0.1) is 36.2 Å². The lowest BCUT2D eigenvalue weighted by Gasteiger charge is -2.16. The van der Waals surface area contributed by atoms with Crippen molar-refractivity contribution in [3.63, 3.8) is 0 Å². The average Bonchev–Trinajstić information content (AvgIpc) is 2.72. The Balaban J connectivity index is 2.02. The summed E-state index contributed by atoms with van der Waals surface area (Å²) in [6.07, 6.45) is 5.99. The second kappa shape index (κ2) is 8.87. The Labute approximate surface area is 160 Å². The van der Waals surface area contributed by atoms with Crippen molar-refractivity contribution in [1.29, 1.82) is 0 Å². The maximum atomic E-state index is 14.3. The zero-order chi connectivity index (χ0) is 19.9. The van der Waals surface area contributed by atoms with Crippen LogP contribution >= 0.6 is 0 Å². The first-order valence-corrected chi connectivity index (χ1v) is 8.42. The van der Waals surface area contributed by atoms with Crippen molar-refractivity contribution in [3.05, 3.63) is 60.4 Å². The Kier molecular flexibility index (Phi) is 6.07. The molecule has 0 atom stereocenters. The van der Waals surface area contributed by atoms with E-state index in [-0.39, 0.29) is 5.56 Å². The third-order valence-electron chi connectivity index (χ3n) is 3.71. The topological polar surface area (TPSA) is 98.3 Å². The molecule has 3 rings (SSSR count). The van der Waals surface area contributed by atoms with Gasteiger partial charge in [-0.1, -0.05) is 0 Å². The highest BCUT2D eigenvalue weighted by atomic mass is 19.1. The lowest BCUT2D eigenvalue weighted by Crippen LogP contribution is -2.24. The van der Waals surface area contributed by atoms with Crippen molar-refractivity contribution >= 4 is 17.3 Å². The molecule has 1 amide bonds. The number of hydrogen-bond donors (Lipinski definition) is 2. The maximum Gasteiger partial charge on any atom is 0.278 e. The van der Waals surface area contributed by atoms with Crippen LogP contribution in [-0.2, 0) is 4.84 Å². The number of nitrogens with zero attached hydrogens (tertiary/aromatic N) is 3. The Morgan fingerprint density at radius 1 is 1.18 bits per heavy atom. The first-order valence-electron chi connectivity index (χ1n) is 8.42. The number of amides is 1. The van der Waals surface area contributed by atoms with Crippen LogP contribution in [0.3, 0.4) is 0 Å². The van der Waals surface area contributed by atoms with Crippen LogP contribution in [0.5, 0.6) is 5.75 Å². The minimum absolute atomic E-state index is 0.222. The van der Waals surface area contributed by atoms with Crippen molar-refractivity contribution in [1.82, 2.24) is 20.4 Å². The summed E-state index contributed by atoms with van der Waals surface area (Å²) in [5.41, 5.74) is 3.61. The Morgan fingerprint density at radius 2 is 1.96 bits per heavy atom. The molecule has 0 aliphatic heterocycles. The predicted octanol–water partition coefficient (Wildman–Crippen LogP) is 3.11. The van der Waals surface area contributed by atoms with Gasteiger partial charge in [0.25, 0.3) is 5.91 Å². The van der Waals surface area contributed by atoms with E-state index in [1.54, 1.807) is 31.5 Å². The lowest BCUT2D eigenvalue weighted by molar-refractivity contribution is 0.0365. The quantitative estimate of drug-likeness (QED) is 0.605. The SMILES string of the molecule is CCONC(=O)c1cnccc1Nc1cc(F)cc(-c2ncccn2)c1OC. The summed E-state index contributed by atoms with van der Waals surface area (Å²) >= 11 is 0. The van der Waals surface area contributed by atoms with Gasteiger partial charge in [0, 0.05) is 30.9 Å². The normalized spacial score (nSPS) is 10.4. The zero-order valence-corrected chi connectivity index (χ0v) is 15.3. The predicted molar refractivity (Wildman–Crippen MR) is 101 cm³/mol. The Morgan fingerprint density at radius 3 is 2.68 bits per heavy atom. The van der Waals surface area contributed by atoms with Crippen molar-refractivity contribution in [2.45, 2.75) is 6.92 Å². The molecule has 2 N–H and O–H groups in total. The van der Waals surface area contributed by atoms with Gasteiger partial charge in [0.15, 0.2) is 11.6 Å². The fourth-order valence-electron chi connectivity index (χ4n) is 2.53. The summed E-state index contributed by atoms with van der Waals surface area (Å²) in [6, 6.07) is 5.79. The minimum atomic E-state index is -0.514. The van der Waals surface area contributed by atoms with Gasteiger partial charge in [-0.05, 0) is 25.1 Å². The summed E-state index contributed by atoms with van der Waals surface area (Å²) < 4.78 is 19.8. The number of aromatic nitrogens is 3. The van der Waals surface area contributed by atoms with Gasteiger partial charge in [0.1, 0.15) is 5.82 Å². The second-order valence-electron chi connectivity index (χ2n) is 5.52. The van der Waals surface area contributed by atoms with Crippen LogP contribution in [0.4, 0.5) is 15.8 Å². The van der Waals surface area contributed by atoms with Crippen molar-refractivity contribution in [2.75, 3.05) is 19.0 Å². The van der Waals surface area contributed by atoms with Crippen molar-refractivity contribution in [2.24, 2.45) is 0 Å². The number of anilines is 2. The minimum Gasteiger partial charge on any atom is -0.494 e. The van der Waals surface area contributed by atoms with E-state index in [9.17, 15) is 9.18 Å². The summed E-state index contributed by atoms with van der Waals surface area (Å²) in [5, 5.41) is 3.02. The molecule has 0 unspecified atom stereocenters. The molecule has 8 nitrogen and oxygen atoms in total. The first-order chi connectivity index (χ1) is 13.6. The van der Waals surface area contributed by atoms with Crippen molar-refractivity contribution in [3.8, 4) is 17.1 Å². The smallest absolute Gasteiger partial charge is 0.278 e. The second-order valence-corrected chi connectivity index (χ2v) is 5.52. The molecule has 3 aromatic rings. The van der Waals surface area contributed by atoms with E-state index in [4.69, 9.17) is 9.57 Å². The average molecular weight is 383 g/mol. The number of carbonyl (C=O) groups excluding carboxylic acids is 1. The molecule has 28 heavy (non-hydrogen) atoms. The van der Waals surface area contributed by atoms with E-state index < -0.39 is 11.7 Å². The van der Waals surface area contributed by atoms with Gasteiger partial charge in [-0.25, -0.2) is 19.8 Å². The summed E-state index contributed by atoms with van der Waals surface area (Å²) in [5.74, 6) is -0.355. The van der Waals surface area contributed by atoms with Crippen LogP contribution < -0.4 is 15.5 Å². The van der Waals surface area contributed by atoms with Gasteiger partial charge in [-0.2, -0.15) is 0 Å². The van der Waals surface area contributed by atoms with Crippen LogP contribution in [-0.4, -0.2) is 34.6 Å². The van der Waals surface area contributed by atoms with Gasteiger partial charge in [-0.3, -0.25) is 14.6 Å². The van der Waals surface area contributed by atoms with E-state index in [2.05, 4.69) is 25.7 Å². The van der Waals surface area contributed by atoms with E-state index >= 15 is 0 Å². The van der Waals surface area contributed by atoms with Crippen LogP contribution in [0.2, 0.25) is 0 Å². The molecule has 0 aliphatic rings. The highest BCUT2D eigenvalue weighted by Crippen LogP contribution is 2.37. The number of pyridine rings is 1. The zero-order valence-electron chi connectivity index (χ0n) is 15.3. The number of carbonyl (C=O) groups is 1. The van der Waals surface area contributed by atoms with E-state index in [1.807, 2.05) is 0 Å². The lowest BCUT2D eigenvalue weighted by atomic mass is 10.1. The molecule has 0 bridgehead atoms. The largest absolute Gasteiger partial charge is 0.494 e. The first kappa shape index (κ1) is 19.2. The molecule has 2 heterocycles. The van der Waals surface area contributed by atoms with Crippen LogP contribution in [0, 0.1) is 5.82 Å². The molecule has 9 heteroatoms. The molecule has 0 saturated carbocycles.